The van der Waals surface area contributed by atoms with E-state index >= 15 is 0 Å². The fraction of sp³-hybridized carbons (Fsp3) is 0. The average Bonchev–Trinajstić information content (AvgIpc) is 3.83. The van der Waals surface area contributed by atoms with E-state index in [2.05, 4.69) is 162 Å². The molecule has 0 saturated heterocycles. The van der Waals surface area contributed by atoms with E-state index in [0.717, 1.165) is 44.5 Å². The number of benzene rings is 8. The zero-order valence-electron chi connectivity index (χ0n) is 30.2. The number of para-hydroxylation sites is 1. The Labute approximate surface area is 327 Å². The number of thiophene rings is 1. The summed E-state index contributed by atoms with van der Waals surface area (Å²) in [7, 11) is 0. The number of nitrogens with zero attached hydrogens (tertiary/aromatic N) is 4. The van der Waals surface area contributed by atoms with Gasteiger partial charge in [-0.2, -0.15) is 0 Å². The van der Waals surface area contributed by atoms with Gasteiger partial charge in [-0.1, -0.05) is 152 Å². The zero-order chi connectivity index (χ0) is 37.0. The minimum Gasteiger partial charge on any atom is -0.309 e. The summed E-state index contributed by atoms with van der Waals surface area (Å²) in [6, 6.07) is 68.6. The summed E-state index contributed by atoms with van der Waals surface area (Å²) in [5.74, 6) is 1.90. The normalized spacial score (nSPS) is 11.6. The van der Waals surface area contributed by atoms with Crippen LogP contribution in [0.3, 0.4) is 0 Å². The van der Waals surface area contributed by atoms with Crippen LogP contribution in [0.1, 0.15) is 0 Å². The quantitative estimate of drug-likeness (QED) is 0.171. The SMILES string of the molecule is c1ccc(-c2cccc(-c3nc(-c4ccccc4)nc(-c4cccc(-n5c6ccccc6c6cc(-c7cccc8c7sc7ccccc78)ccc65)c4)n3)c2)cc1. The molecule has 3 aromatic heterocycles. The van der Waals surface area contributed by atoms with Crippen molar-refractivity contribution in [3.63, 3.8) is 0 Å². The van der Waals surface area contributed by atoms with Crippen LogP contribution in [0.4, 0.5) is 0 Å². The van der Waals surface area contributed by atoms with Gasteiger partial charge < -0.3 is 4.57 Å². The second-order valence-electron chi connectivity index (χ2n) is 14.0. The maximum atomic E-state index is 5.14. The van der Waals surface area contributed by atoms with E-state index < -0.39 is 0 Å². The van der Waals surface area contributed by atoms with Crippen LogP contribution in [0, 0.1) is 0 Å². The molecule has 0 spiro atoms. The summed E-state index contributed by atoms with van der Waals surface area (Å²) in [6.45, 7) is 0. The lowest BCUT2D eigenvalue weighted by atomic mass is 10.0. The predicted octanol–water partition coefficient (Wildman–Crippen LogP) is 13.7. The van der Waals surface area contributed by atoms with Gasteiger partial charge in [0.05, 0.1) is 11.0 Å². The molecule has 0 fully saturated rings. The summed E-state index contributed by atoms with van der Waals surface area (Å²) >= 11 is 1.87. The Balaban J connectivity index is 1.06. The van der Waals surface area contributed by atoms with E-state index in [4.69, 9.17) is 15.0 Å². The fourth-order valence-electron chi connectivity index (χ4n) is 8.00. The smallest absolute Gasteiger partial charge is 0.164 e. The molecule has 0 amide bonds. The highest BCUT2D eigenvalue weighted by Gasteiger charge is 2.18. The molecular weight excluding hydrogens is 701 g/mol. The van der Waals surface area contributed by atoms with E-state index in [0.29, 0.717) is 17.5 Å². The molecule has 0 aliphatic carbocycles. The lowest BCUT2D eigenvalue weighted by Gasteiger charge is -2.12. The van der Waals surface area contributed by atoms with Crippen LogP contribution < -0.4 is 0 Å². The van der Waals surface area contributed by atoms with Crippen LogP contribution in [0.5, 0.6) is 0 Å². The maximum absolute atomic E-state index is 5.14. The van der Waals surface area contributed by atoms with Crippen molar-refractivity contribution in [2.24, 2.45) is 0 Å². The Morgan fingerprint density at radius 2 is 0.911 bits per heavy atom. The second-order valence-corrected chi connectivity index (χ2v) is 15.1. The Morgan fingerprint density at radius 1 is 0.339 bits per heavy atom. The molecule has 8 aromatic carbocycles. The Kier molecular flexibility index (Phi) is 7.64. The Morgan fingerprint density at radius 3 is 1.71 bits per heavy atom. The molecule has 262 valence electrons. The third-order valence-electron chi connectivity index (χ3n) is 10.6. The van der Waals surface area contributed by atoms with Crippen molar-refractivity contribution in [1.82, 2.24) is 19.5 Å². The molecule has 11 aromatic rings. The molecule has 5 heteroatoms. The Hall–Kier alpha value is -7.21. The highest BCUT2D eigenvalue weighted by atomic mass is 32.1. The van der Waals surface area contributed by atoms with Crippen LogP contribution >= 0.6 is 11.3 Å². The highest BCUT2D eigenvalue weighted by Crippen LogP contribution is 2.42. The molecule has 3 heterocycles. The predicted molar refractivity (Wildman–Crippen MR) is 234 cm³/mol. The van der Waals surface area contributed by atoms with E-state index in [1.54, 1.807) is 0 Å². The van der Waals surface area contributed by atoms with Gasteiger partial charge in [-0.15, -0.1) is 11.3 Å². The van der Waals surface area contributed by atoms with Gasteiger partial charge in [0, 0.05) is 53.3 Å². The van der Waals surface area contributed by atoms with Gasteiger partial charge in [0.1, 0.15) is 0 Å². The van der Waals surface area contributed by atoms with Crippen molar-refractivity contribution in [3.05, 3.63) is 194 Å². The molecule has 0 aliphatic rings. The van der Waals surface area contributed by atoms with Gasteiger partial charge in [-0.25, -0.2) is 15.0 Å². The number of hydrogen-bond donors (Lipinski definition) is 0. The number of aromatic nitrogens is 4. The van der Waals surface area contributed by atoms with Crippen molar-refractivity contribution in [2.45, 2.75) is 0 Å². The molecule has 56 heavy (non-hydrogen) atoms. The highest BCUT2D eigenvalue weighted by molar-refractivity contribution is 7.26. The lowest BCUT2D eigenvalue weighted by molar-refractivity contribution is 1.07. The van der Waals surface area contributed by atoms with Gasteiger partial charge in [-0.05, 0) is 64.7 Å². The molecule has 0 N–H and O–H groups in total. The summed E-state index contributed by atoms with van der Waals surface area (Å²) in [4.78, 5) is 15.2. The van der Waals surface area contributed by atoms with E-state index in [1.807, 2.05) is 47.7 Å². The van der Waals surface area contributed by atoms with E-state index in [-0.39, 0.29) is 0 Å². The second kappa shape index (κ2) is 13.3. The zero-order valence-corrected chi connectivity index (χ0v) is 31.0. The summed E-state index contributed by atoms with van der Waals surface area (Å²) in [5.41, 5.74) is 10.9. The van der Waals surface area contributed by atoms with Crippen molar-refractivity contribution >= 4 is 53.3 Å². The maximum Gasteiger partial charge on any atom is 0.164 e. The summed E-state index contributed by atoms with van der Waals surface area (Å²) in [6.07, 6.45) is 0. The molecule has 0 atom stereocenters. The Bertz CT molecular complexity index is 3250. The van der Waals surface area contributed by atoms with Gasteiger partial charge in [0.2, 0.25) is 0 Å². The fourth-order valence-corrected chi connectivity index (χ4v) is 9.23. The molecular formula is C51H32N4S. The summed E-state index contributed by atoms with van der Waals surface area (Å²) in [5, 5.41) is 5.05. The van der Waals surface area contributed by atoms with Crippen molar-refractivity contribution in [3.8, 4) is 62.1 Å². The third kappa shape index (κ3) is 5.48. The van der Waals surface area contributed by atoms with E-state index in [9.17, 15) is 0 Å². The summed E-state index contributed by atoms with van der Waals surface area (Å²) < 4.78 is 5.00. The average molecular weight is 733 g/mol. The third-order valence-corrected chi connectivity index (χ3v) is 11.9. The minimum absolute atomic E-state index is 0.625. The topological polar surface area (TPSA) is 43.6 Å². The molecule has 0 bridgehead atoms. The van der Waals surface area contributed by atoms with Crippen LogP contribution in [-0.4, -0.2) is 19.5 Å². The first-order valence-corrected chi connectivity index (χ1v) is 19.6. The minimum atomic E-state index is 0.625. The largest absolute Gasteiger partial charge is 0.309 e. The number of fused-ring (bicyclic) bond motifs is 6. The molecule has 11 rings (SSSR count). The molecule has 0 aliphatic heterocycles. The van der Waals surface area contributed by atoms with Gasteiger partial charge in [0.15, 0.2) is 17.5 Å². The van der Waals surface area contributed by atoms with Crippen LogP contribution in [0.2, 0.25) is 0 Å². The van der Waals surface area contributed by atoms with Crippen LogP contribution in [0.25, 0.3) is 104 Å². The van der Waals surface area contributed by atoms with Gasteiger partial charge in [-0.3, -0.25) is 0 Å². The van der Waals surface area contributed by atoms with Gasteiger partial charge in [0.25, 0.3) is 0 Å². The first-order valence-electron chi connectivity index (χ1n) is 18.8. The molecule has 4 nitrogen and oxygen atoms in total. The molecule has 0 radical (unpaired) electrons. The number of hydrogen-bond acceptors (Lipinski definition) is 4. The van der Waals surface area contributed by atoms with Crippen LogP contribution in [-0.2, 0) is 0 Å². The molecule has 0 unspecified atom stereocenters. The van der Waals surface area contributed by atoms with Crippen molar-refractivity contribution in [2.75, 3.05) is 0 Å². The first-order chi connectivity index (χ1) is 27.7. The lowest BCUT2D eigenvalue weighted by Crippen LogP contribution is -2.01. The van der Waals surface area contributed by atoms with Crippen LogP contribution in [0.15, 0.2) is 194 Å². The standard InChI is InChI=1S/C51H32N4S/c1-3-14-33(15-4-1)35-18-11-19-37(30-35)50-52-49(34-16-5-2-6-17-34)53-51(54-50)38-20-12-21-39(31-38)55-45-26-9-7-22-41(45)44-32-36(28-29-46(44)55)40-24-13-25-43-42-23-8-10-27-47(42)56-48(40)43/h1-32H. The molecule has 0 saturated carbocycles. The van der Waals surface area contributed by atoms with Crippen molar-refractivity contribution < 1.29 is 0 Å². The van der Waals surface area contributed by atoms with Crippen molar-refractivity contribution in [1.29, 1.82) is 0 Å². The van der Waals surface area contributed by atoms with Gasteiger partial charge >= 0.3 is 0 Å². The monoisotopic (exact) mass is 732 g/mol. The first kappa shape index (κ1) is 32.2. The van der Waals surface area contributed by atoms with E-state index in [1.165, 1.54) is 42.1 Å². The number of rotatable bonds is 6.